The zero-order chi connectivity index (χ0) is 21.2. The highest BCUT2D eigenvalue weighted by Crippen LogP contribution is 2.30. The van der Waals surface area contributed by atoms with Gasteiger partial charge in [0.05, 0.1) is 27.9 Å². The smallest absolute Gasteiger partial charge is 0.310 e. The van der Waals surface area contributed by atoms with Crippen LogP contribution < -0.4 is 5.32 Å². The zero-order valence-corrected chi connectivity index (χ0v) is 17.8. The normalized spacial score (nSPS) is 12.9. The third-order valence-corrected chi connectivity index (χ3v) is 6.66. The van der Waals surface area contributed by atoms with Gasteiger partial charge in [0.2, 0.25) is 0 Å². The number of hydrogen-bond donors (Lipinski definition) is 1. The van der Waals surface area contributed by atoms with E-state index >= 15 is 0 Å². The molecule has 158 valence electrons. The molecule has 2 aromatic carbocycles. The largest absolute Gasteiger partial charge is 0.464 e. The number of furan rings is 1. The van der Waals surface area contributed by atoms with E-state index < -0.39 is 5.97 Å². The van der Waals surface area contributed by atoms with Crippen molar-refractivity contribution in [2.24, 2.45) is 0 Å². The Labute approximate surface area is 183 Å². The molecule has 5 rings (SSSR count). The lowest BCUT2D eigenvalue weighted by Gasteiger charge is -2.06. The minimum Gasteiger partial charge on any atom is -0.464 e. The molecule has 1 aliphatic carbocycles. The molecule has 0 unspecified atom stereocenters. The van der Waals surface area contributed by atoms with E-state index in [1.165, 1.54) is 11.1 Å². The Morgan fingerprint density at radius 1 is 1.16 bits per heavy atom. The lowest BCUT2D eigenvalue weighted by atomic mass is 10.0. The maximum Gasteiger partial charge on any atom is 0.310 e. The van der Waals surface area contributed by atoms with Crippen molar-refractivity contribution in [2.75, 3.05) is 13.2 Å². The van der Waals surface area contributed by atoms with Crippen molar-refractivity contribution < 1.29 is 18.7 Å². The number of esters is 1. The van der Waals surface area contributed by atoms with E-state index in [2.05, 4.69) is 22.4 Å². The fraction of sp³-hybridized carbons (Fsp3) is 0.292. The summed E-state index contributed by atoms with van der Waals surface area (Å²) < 4.78 is 11.9. The summed E-state index contributed by atoms with van der Waals surface area (Å²) in [6.07, 6.45) is 5.65. The van der Waals surface area contributed by atoms with Crippen LogP contribution >= 0.6 is 11.3 Å². The maximum atomic E-state index is 12.2. The van der Waals surface area contributed by atoms with Crippen LogP contribution in [0.3, 0.4) is 0 Å². The van der Waals surface area contributed by atoms with E-state index in [1.807, 2.05) is 24.3 Å². The molecule has 1 aliphatic rings. The summed E-state index contributed by atoms with van der Waals surface area (Å²) in [4.78, 5) is 28.8. The summed E-state index contributed by atoms with van der Waals surface area (Å²) >= 11 is 1.62. The summed E-state index contributed by atoms with van der Waals surface area (Å²) in [7, 11) is 0. The molecule has 2 aromatic heterocycles. The van der Waals surface area contributed by atoms with Crippen LogP contribution in [0.25, 0.3) is 21.2 Å². The van der Waals surface area contributed by atoms with E-state index in [0.29, 0.717) is 13.0 Å². The Bertz CT molecular complexity index is 1240. The highest BCUT2D eigenvalue weighted by Gasteiger charge is 2.17. The van der Waals surface area contributed by atoms with Gasteiger partial charge in [0, 0.05) is 23.9 Å². The Morgan fingerprint density at radius 3 is 2.87 bits per heavy atom. The van der Waals surface area contributed by atoms with Crippen molar-refractivity contribution in [3.05, 3.63) is 64.4 Å². The lowest BCUT2D eigenvalue weighted by molar-refractivity contribution is -0.147. The van der Waals surface area contributed by atoms with Gasteiger partial charge in [-0.1, -0.05) is 12.1 Å². The van der Waals surface area contributed by atoms with Gasteiger partial charge in [-0.15, -0.1) is 11.3 Å². The second-order valence-electron chi connectivity index (χ2n) is 7.74. The van der Waals surface area contributed by atoms with Crippen LogP contribution in [0.4, 0.5) is 0 Å². The number of aromatic nitrogens is 1. The second kappa shape index (κ2) is 8.51. The number of aryl methyl sites for hydroxylation is 2. The number of nitrogens with zero attached hydrogens (tertiary/aromatic N) is 1. The molecule has 0 atom stereocenters. The Hall–Kier alpha value is -3.19. The van der Waals surface area contributed by atoms with E-state index in [9.17, 15) is 9.59 Å². The first kappa shape index (κ1) is 19.8. The maximum absolute atomic E-state index is 12.2. The minimum absolute atomic E-state index is 0.0881. The lowest BCUT2D eigenvalue weighted by Crippen LogP contribution is -2.30. The number of thiazole rings is 1. The van der Waals surface area contributed by atoms with E-state index in [1.54, 1.807) is 17.6 Å². The fourth-order valence-corrected chi connectivity index (χ4v) is 4.99. The molecule has 0 saturated heterocycles. The van der Waals surface area contributed by atoms with Gasteiger partial charge >= 0.3 is 5.97 Å². The van der Waals surface area contributed by atoms with Crippen LogP contribution in [0.1, 0.15) is 28.1 Å². The minimum atomic E-state index is -0.440. The van der Waals surface area contributed by atoms with Gasteiger partial charge in [0.15, 0.2) is 6.61 Å². The Kier molecular flexibility index (Phi) is 5.42. The number of benzene rings is 2. The van der Waals surface area contributed by atoms with Crippen molar-refractivity contribution >= 4 is 44.4 Å². The van der Waals surface area contributed by atoms with Crippen LogP contribution in [0.2, 0.25) is 0 Å². The number of ether oxygens (including phenoxy) is 1. The third-order valence-electron chi connectivity index (χ3n) is 5.57. The predicted octanol–water partition coefficient (Wildman–Crippen LogP) is 3.98. The number of nitrogens with one attached hydrogen (secondary N) is 1. The molecule has 0 aliphatic heterocycles. The summed E-state index contributed by atoms with van der Waals surface area (Å²) in [5.74, 6) is -0.756. The first-order chi connectivity index (χ1) is 15.2. The average molecular weight is 435 g/mol. The van der Waals surface area contributed by atoms with Crippen LogP contribution in [0.5, 0.6) is 0 Å². The first-order valence-electron chi connectivity index (χ1n) is 10.4. The zero-order valence-electron chi connectivity index (χ0n) is 17.0. The van der Waals surface area contributed by atoms with Gasteiger partial charge in [0.1, 0.15) is 5.58 Å². The number of para-hydroxylation sites is 1. The monoisotopic (exact) mass is 434 g/mol. The summed E-state index contributed by atoms with van der Waals surface area (Å²) in [6, 6.07) is 12.2. The highest BCUT2D eigenvalue weighted by atomic mass is 32.1. The van der Waals surface area contributed by atoms with Crippen molar-refractivity contribution in [3.63, 3.8) is 0 Å². The quantitative estimate of drug-likeness (QED) is 0.445. The molecule has 1 amide bonds. The van der Waals surface area contributed by atoms with Crippen LogP contribution in [-0.2, 0) is 40.0 Å². The standard InChI is InChI=1S/C24H22N2O4S/c27-22(25-9-8-23-26-19-6-1-2-7-21(19)31-23)14-30-24(28)12-17-13-29-20-11-16-5-3-4-15(16)10-18(17)20/h1-2,6-7,10-11,13H,3-5,8-9,12,14H2,(H,25,27). The SMILES string of the molecule is O=C(COC(=O)Cc1coc2cc3c(cc12)CCC3)NCCc1nc2ccccc2s1. The molecule has 0 spiro atoms. The van der Waals surface area contributed by atoms with E-state index in [-0.39, 0.29) is 18.9 Å². The molecule has 0 saturated carbocycles. The topological polar surface area (TPSA) is 81.4 Å². The molecule has 0 radical (unpaired) electrons. The van der Waals surface area contributed by atoms with Gasteiger partial charge in [0.25, 0.3) is 5.91 Å². The molecule has 31 heavy (non-hydrogen) atoms. The fourth-order valence-electron chi connectivity index (χ4n) is 4.02. The molecule has 0 bridgehead atoms. The number of amides is 1. The highest BCUT2D eigenvalue weighted by molar-refractivity contribution is 7.18. The molecule has 2 heterocycles. The predicted molar refractivity (Wildman–Crippen MR) is 119 cm³/mol. The molecule has 7 heteroatoms. The van der Waals surface area contributed by atoms with E-state index in [4.69, 9.17) is 9.15 Å². The number of hydrogen-bond acceptors (Lipinski definition) is 6. The summed E-state index contributed by atoms with van der Waals surface area (Å²) in [5, 5.41) is 4.71. The second-order valence-corrected chi connectivity index (χ2v) is 8.86. The molecule has 0 fully saturated rings. The van der Waals surface area contributed by atoms with Gasteiger partial charge < -0.3 is 14.5 Å². The van der Waals surface area contributed by atoms with Crippen LogP contribution in [0.15, 0.2) is 47.1 Å². The van der Waals surface area contributed by atoms with Gasteiger partial charge in [-0.05, 0) is 54.7 Å². The van der Waals surface area contributed by atoms with Gasteiger partial charge in [-0.3, -0.25) is 9.59 Å². The van der Waals surface area contributed by atoms with E-state index in [0.717, 1.165) is 51.0 Å². The van der Waals surface area contributed by atoms with Gasteiger partial charge in [-0.2, -0.15) is 0 Å². The number of carbonyl (C=O) groups is 2. The van der Waals surface area contributed by atoms with Gasteiger partial charge in [-0.25, -0.2) is 4.98 Å². The van der Waals surface area contributed by atoms with Crippen molar-refractivity contribution in [1.82, 2.24) is 10.3 Å². The molecular formula is C24H22N2O4S. The molecule has 6 nitrogen and oxygen atoms in total. The van der Waals surface area contributed by atoms with Crippen molar-refractivity contribution in [3.8, 4) is 0 Å². The third kappa shape index (κ3) is 4.32. The van der Waals surface area contributed by atoms with Crippen LogP contribution in [0, 0.1) is 0 Å². The van der Waals surface area contributed by atoms with Crippen LogP contribution in [-0.4, -0.2) is 30.0 Å². The number of rotatable bonds is 7. The van der Waals surface area contributed by atoms with Crippen molar-refractivity contribution in [2.45, 2.75) is 32.1 Å². The number of fused-ring (bicyclic) bond motifs is 3. The Balaban J connectivity index is 1.09. The number of carbonyl (C=O) groups excluding carboxylic acids is 2. The molecule has 1 N–H and O–H groups in total. The Morgan fingerprint density at radius 2 is 2.00 bits per heavy atom. The first-order valence-corrected chi connectivity index (χ1v) is 11.3. The molecular weight excluding hydrogens is 412 g/mol. The summed E-state index contributed by atoms with van der Waals surface area (Å²) in [6.45, 7) is 0.164. The molecule has 4 aromatic rings. The summed E-state index contributed by atoms with van der Waals surface area (Å²) in [5.41, 5.74) is 5.23. The van der Waals surface area contributed by atoms with Crippen molar-refractivity contribution in [1.29, 1.82) is 0 Å². The average Bonchev–Trinajstić information content (AvgIpc) is 3.48.